The molecule has 6 heteroatoms. The zero-order valence-corrected chi connectivity index (χ0v) is 11.5. The van der Waals surface area contributed by atoms with E-state index in [0.29, 0.717) is 16.1 Å². The number of carbonyl (C=O) groups excluding carboxylic acids is 1. The Balaban J connectivity index is 2.31. The fourth-order valence-corrected chi connectivity index (χ4v) is 2.17. The van der Waals surface area contributed by atoms with Gasteiger partial charge < -0.3 is 0 Å². The highest BCUT2D eigenvalue weighted by Gasteiger charge is 2.19. The Morgan fingerprint density at radius 1 is 1.00 bits per heavy atom. The molecule has 0 saturated heterocycles. The first-order valence-electron chi connectivity index (χ1n) is 5.50. The molecule has 20 heavy (non-hydrogen) atoms. The summed E-state index contributed by atoms with van der Waals surface area (Å²) in [5.74, 6) is -5.79. The highest BCUT2D eigenvalue weighted by molar-refractivity contribution is 9.10. The number of carbonyl (C=O) groups is 1. The van der Waals surface area contributed by atoms with Crippen LogP contribution in [0.2, 0.25) is 0 Å². The second-order valence-corrected chi connectivity index (χ2v) is 4.91. The van der Waals surface area contributed by atoms with Crippen LogP contribution in [-0.2, 0) is 6.42 Å². The molecular weight excluding hydrogens is 340 g/mol. The zero-order valence-electron chi connectivity index (χ0n) is 9.89. The van der Waals surface area contributed by atoms with Crippen LogP contribution in [0.25, 0.3) is 0 Å². The van der Waals surface area contributed by atoms with Gasteiger partial charge in [-0.2, -0.15) is 0 Å². The Labute approximate surface area is 120 Å². The van der Waals surface area contributed by atoms with Crippen molar-refractivity contribution in [1.82, 2.24) is 0 Å². The van der Waals surface area contributed by atoms with Crippen molar-refractivity contribution in [2.75, 3.05) is 0 Å². The molecule has 0 aliphatic rings. The molecule has 0 radical (unpaired) electrons. The zero-order chi connectivity index (χ0) is 14.9. The topological polar surface area (TPSA) is 17.1 Å². The molecule has 0 saturated carbocycles. The van der Waals surface area contributed by atoms with Crippen molar-refractivity contribution in [1.29, 1.82) is 0 Å². The number of hydrogen-bond acceptors (Lipinski definition) is 1. The van der Waals surface area contributed by atoms with Crippen LogP contribution in [0.15, 0.2) is 34.8 Å². The number of rotatable bonds is 3. The maximum Gasteiger partial charge on any atom is 0.195 e. The summed E-state index contributed by atoms with van der Waals surface area (Å²) in [5.41, 5.74) is -0.124. The molecule has 1 nitrogen and oxygen atoms in total. The lowest BCUT2D eigenvalue weighted by molar-refractivity contribution is 0.0987. The van der Waals surface area contributed by atoms with Gasteiger partial charge >= 0.3 is 0 Å². The molecule has 0 N–H and O–H groups in total. The first-order chi connectivity index (χ1) is 9.40. The van der Waals surface area contributed by atoms with Gasteiger partial charge in [-0.3, -0.25) is 4.79 Å². The molecular formula is C14H7BrF4O. The van der Waals surface area contributed by atoms with E-state index in [9.17, 15) is 22.4 Å². The van der Waals surface area contributed by atoms with E-state index < -0.39 is 34.6 Å². The molecule has 0 aromatic heterocycles. The molecule has 0 spiro atoms. The van der Waals surface area contributed by atoms with Crippen molar-refractivity contribution >= 4 is 21.7 Å². The van der Waals surface area contributed by atoms with E-state index in [-0.39, 0.29) is 6.42 Å². The molecule has 0 heterocycles. The summed E-state index contributed by atoms with van der Waals surface area (Å²) in [7, 11) is 0. The molecule has 104 valence electrons. The van der Waals surface area contributed by atoms with Gasteiger partial charge in [-0.1, -0.05) is 22.0 Å². The largest absolute Gasteiger partial charge is 0.294 e. The Hall–Kier alpha value is -1.69. The van der Waals surface area contributed by atoms with Crippen molar-refractivity contribution < 1.29 is 22.4 Å². The average molecular weight is 347 g/mol. The van der Waals surface area contributed by atoms with Crippen LogP contribution in [-0.4, -0.2) is 5.78 Å². The predicted molar refractivity (Wildman–Crippen MR) is 68.5 cm³/mol. The fourth-order valence-electron chi connectivity index (χ4n) is 1.67. The van der Waals surface area contributed by atoms with Gasteiger partial charge in [0.1, 0.15) is 5.82 Å². The number of benzene rings is 2. The van der Waals surface area contributed by atoms with Crippen molar-refractivity contribution in [3.63, 3.8) is 0 Å². The summed E-state index contributed by atoms with van der Waals surface area (Å²) in [6.07, 6.45) is -0.261. The molecule has 2 aromatic rings. The summed E-state index contributed by atoms with van der Waals surface area (Å²) in [5, 5.41) is 0. The minimum atomic E-state index is -1.69. The van der Waals surface area contributed by atoms with Crippen LogP contribution >= 0.6 is 15.9 Å². The van der Waals surface area contributed by atoms with E-state index in [1.807, 2.05) is 0 Å². The van der Waals surface area contributed by atoms with Gasteiger partial charge in [-0.05, 0) is 29.8 Å². The lowest BCUT2D eigenvalue weighted by Crippen LogP contribution is -2.09. The van der Waals surface area contributed by atoms with E-state index in [1.54, 1.807) is 0 Å². The highest BCUT2D eigenvalue weighted by atomic mass is 79.9. The molecule has 0 aliphatic carbocycles. The Bertz CT molecular complexity index is 685. The van der Waals surface area contributed by atoms with Crippen LogP contribution < -0.4 is 0 Å². The maximum atomic E-state index is 13.5. The number of Topliss-reactive ketones (excluding diaryl/α,β-unsaturated/α-hetero) is 1. The van der Waals surface area contributed by atoms with Crippen molar-refractivity contribution in [3.8, 4) is 0 Å². The van der Waals surface area contributed by atoms with Gasteiger partial charge in [0.05, 0.1) is 5.56 Å². The average Bonchev–Trinajstić information content (AvgIpc) is 2.39. The Morgan fingerprint density at radius 3 is 2.35 bits per heavy atom. The Morgan fingerprint density at radius 2 is 1.70 bits per heavy atom. The van der Waals surface area contributed by atoms with Gasteiger partial charge in [0.25, 0.3) is 0 Å². The number of halogens is 5. The van der Waals surface area contributed by atoms with Crippen molar-refractivity contribution in [2.45, 2.75) is 6.42 Å². The minimum absolute atomic E-state index is 0.261. The normalized spacial score (nSPS) is 10.7. The summed E-state index contributed by atoms with van der Waals surface area (Å²) in [4.78, 5) is 11.9. The molecule has 2 rings (SSSR count). The summed E-state index contributed by atoms with van der Waals surface area (Å²) in [6, 6.07) is 5.23. The van der Waals surface area contributed by atoms with Crippen LogP contribution in [0.1, 0.15) is 15.9 Å². The van der Waals surface area contributed by atoms with Gasteiger partial charge in [0.15, 0.2) is 23.2 Å². The second kappa shape index (κ2) is 5.75. The first kappa shape index (κ1) is 14.7. The smallest absolute Gasteiger partial charge is 0.195 e. The SMILES string of the molecule is O=C(Cc1ccc(F)cc1Br)c1ccc(F)c(F)c1F. The van der Waals surface area contributed by atoms with Crippen LogP contribution in [0.3, 0.4) is 0 Å². The van der Waals surface area contributed by atoms with Gasteiger partial charge in [-0.25, -0.2) is 17.6 Å². The van der Waals surface area contributed by atoms with Crippen LogP contribution in [0.5, 0.6) is 0 Å². The fraction of sp³-hybridized carbons (Fsp3) is 0.0714. The molecule has 0 aliphatic heterocycles. The third-order valence-electron chi connectivity index (χ3n) is 2.70. The van der Waals surface area contributed by atoms with E-state index in [0.717, 1.165) is 18.2 Å². The monoisotopic (exact) mass is 346 g/mol. The quantitative estimate of drug-likeness (QED) is 0.456. The second-order valence-electron chi connectivity index (χ2n) is 4.06. The lowest BCUT2D eigenvalue weighted by Gasteiger charge is -2.06. The minimum Gasteiger partial charge on any atom is -0.294 e. The van der Waals surface area contributed by atoms with Gasteiger partial charge in [0.2, 0.25) is 0 Å². The van der Waals surface area contributed by atoms with Crippen LogP contribution in [0, 0.1) is 23.3 Å². The van der Waals surface area contributed by atoms with Gasteiger partial charge in [0, 0.05) is 10.9 Å². The molecule has 0 atom stereocenters. The standard InChI is InChI=1S/C14H7BrF4O/c15-10-6-8(16)2-1-7(10)5-12(20)9-3-4-11(17)14(19)13(9)18/h1-4,6H,5H2. The maximum absolute atomic E-state index is 13.5. The molecule has 0 unspecified atom stereocenters. The molecule has 0 fully saturated rings. The molecule has 0 bridgehead atoms. The van der Waals surface area contributed by atoms with E-state index in [1.165, 1.54) is 6.07 Å². The summed E-state index contributed by atoms with van der Waals surface area (Å²) < 4.78 is 52.6. The molecule has 0 amide bonds. The van der Waals surface area contributed by atoms with Crippen molar-refractivity contribution in [3.05, 3.63) is 69.2 Å². The predicted octanol–water partition coefficient (Wildman–Crippen LogP) is 4.43. The third-order valence-corrected chi connectivity index (χ3v) is 3.44. The summed E-state index contributed by atoms with van der Waals surface area (Å²) in [6.45, 7) is 0. The highest BCUT2D eigenvalue weighted by Crippen LogP contribution is 2.22. The number of hydrogen-bond donors (Lipinski definition) is 0. The number of ketones is 1. The van der Waals surface area contributed by atoms with Crippen LogP contribution in [0.4, 0.5) is 17.6 Å². The summed E-state index contributed by atoms with van der Waals surface area (Å²) >= 11 is 3.07. The van der Waals surface area contributed by atoms with Crippen molar-refractivity contribution in [2.24, 2.45) is 0 Å². The van der Waals surface area contributed by atoms with Gasteiger partial charge in [-0.15, -0.1) is 0 Å². The van der Waals surface area contributed by atoms with E-state index in [2.05, 4.69) is 15.9 Å². The molecule has 2 aromatic carbocycles. The van der Waals surface area contributed by atoms with E-state index >= 15 is 0 Å². The Kier molecular flexibility index (Phi) is 4.23. The first-order valence-corrected chi connectivity index (χ1v) is 6.30. The lowest BCUT2D eigenvalue weighted by atomic mass is 10.0. The van der Waals surface area contributed by atoms with E-state index in [4.69, 9.17) is 0 Å². The third kappa shape index (κ3) is 2.90.